The Morgan fingerprint density at radius 2 is 2.50 bits per heavy atom. The van der Waals surface area contributed by atoms with E-state index < -0.39 is 12.1 Å². The summed E-state index contributed by atoms with van der Waals surface area (Å²) in [6, 6.07) is 1.77. The molecule has 1 aliphatic heterocycles. The van der Waals surface area contributed by atoms with Crippen LogP contribution in [0.15, 0.2) is 0 Å². The third-order valence-electron chi connectivity index (χ3n) is 1.29. The van der Waals surface area contributed by atoms with Gasteiger partial charge in [-0.2, -0.15) is 5.26 Å². The van der Waals surface area contributed by atoms with Crippen LogP contribution in [0.2, 0.25) is 0 Å². The molecule has 1 heterocycles. The average molecular weight is 141 g/mol. The van der Waals surface area contributed by atoms with Gasteiger partial charge < -0.3 is 5.11 Å². The van der Waals surface area contributed by atoms with Crippen LogP contribution < -0.4 is 10.9 Å². The number of aliphatic hydroxyl groups is 1. The van der Waals surface area contributed by atoms with Gasteiger partial charge in [0.2, 0.25) is 0 Å². The molecule has 0 aromatic carbocycles. The summed E-state index contributed by atoms with van der Waals surface area (Å²) in [5.41, 5.74) is 4.47. The Bertz CT molecular complexity index is 186. The van der Waals surface area contributed by atoms with E-state index in [9.17, 15) is 4.79 Å². The quantitative estimate of drug-likeness (QED) is 0.382. The molecule has 5 heteroatoms. The van der Waals surface area contributed by atoms with Gasteiger partial charge >= 0.3 is 0 Å². The van der Waals surface area contributed by atoms with Crippen molar-refractivity contribution in [1.29, 1.82) is 5.26 Å². The molecule has 0 aromatic heterocycles. The second-order valence-electron chi connectivity index (χ2n) is 2.07. The molecular formula is C5H7N3O2. The fraction of sp³-hybridized carbons (Fsp3) is 0.600. The van der Waals surface area contributed by atoms with Gasteiger partial charge in [0.05, 0.1) is 6.07 Å². The van der Waals surface area contributed by atoms with E-state index in [2.05, 4.69) is 10.9 Å². The Labute approximate surface area is 57.6 Å². The molecule has 3 N–H and O–H groups in total. The van der Waals surface area contributed by atoms with Crippen LogP contribution in [0.4, 0.5) is 0 Å². The Morgan fingerprint density at radius 3 is 3.00 bits per heavy atom. The molecule has 0 aliphatic carbocycles. The summed E-state index contributed by atoms with van der Waals surface area (Å²) in [4.78, 5) is 10.7. The van der Waals surface area contributed by atoms with Crippen LogP contribution >= 0.6 is 0 Å². The summed E-state index contributed by atoms with van der Waals surface area (Å²) in [6.07, 6.45) is -0.648. The van der Waals surface area contributed by atoms with Crippen molar-refractivity contribution in [3.63, 3.8) is 0 Å². The predicted molar refractivity (Wildman–Crippen MR) is 31.0 cm³/mol. The predicted octanol–water partition coefficient (Wildman–Crippen LogP) is -1.53. The minimum Gasteiger partial charge on any atom is -0.377 e. The number of aliphatic hydroxyl groups excluding tert-OH is 1. The summed E-state index contributed by atoms with van der Waals surface area (Å²) in [7, 11) is 0. The lowest BCUT2D eigenvalue weighted by Gasteiger charge is -2.22. The lowest BCUT2D eigenvalue weighted by atomic mass is 10.0. The zero-order valence-corrected chi connectivity index (χ0v) is 5.16. The fourth-order valence-corrected chi connectivity index (χ4v) is 0.742. The SMILES string of the molecule is N#CC1CC(O)NNC1=O. The number of hydrazine groups is 1. The summed E-state index contributed by atoms with van der Waals surface area (Å²) >= 11 is 0. The Morgan fingerprint density at radius 1 is 1.80 bits per heavy atom. The Balaban J connectivity index is 2.56. The first kappa shape index (κ1) is 6.99. The first-order valence-electron chi connectivity index (χ1n) is 2.87. The molecule has 0 bridgehead atoms. The number of hydrogen-bond acceptors (Lipinski definition) is 4. The van der Waals surface area contributed by atoms with E-state index in [1.807, 2.05) is 0 Å². The number of carbonyl (C=O) groups is 1. The van der Waals surface area contributed by atoms with E-state index in [0.717, 1.165) is 0 Å². The first-order valence-corrected chi connectivity index (χ1v) is 2.87. The zero-order valence-electron chi connectivity index (χ0n) is 5.16. The van der Waals surface area contributed by atoms with Gasteiger partial charge in [-0.05, 0) is 0 Å². The van der Waals surface area contributed by atoms with E-state index in [1.54, 1.807) is 6.07 Å². The standard InChI is InChI=1S/C5H7N3O2/c6-2-3-1-4(9)7-8-5(3)10/h3-4,7,9H,1H2,(H,8,10). The minimum atomic E-state index is -0.803. The topological polar surface area (TPSA) is 85.2 Å². The van der Waals surface area contributed by atoms with Crippen LogP contribution in [0.3, 0.4) is 0 Å². The van der Waals surface area contributed by atoms with Crippen molar-refractivity contribution in [3.05, 3.63) is 0 Å². The van der Waals surface area contributed by atoms with Crippen LogP contribution in [0, 0.1) is 17.2 Å². The van der Waals surface area contributed by atoms with Crippen LogP contribution in [-0.2, 0) is 4.79 Å². The molecule has 10 heavy (non-hydrogen) atoms. The maximum atomic E-state index is 10.7. The molecule has 1 amide bonds. The first-order chi connectivity index (χ1) is 4.74. The van der Waals surface area contributed by atoms with E-state index in [-0.39, 0.29) is 12.3 Å². The average Bonchev–Trinajstić information content (AvgIpc) is 1.94. The molecule has 0 aromatic rings. The maximum Gasteiger partial charge on any atom is 0.251 e. The largest absolute Gasteiger partial charge is 0.377 e. The van der Waals surface area contributed by atoms with Crippen molar-refractivity contribution in [2.75, 3.05) is 0 Å². The van der Waals surface area contributed by atoms with Crippen molar-refractivity contribution in [1.82, 2.24) is 10.9 Å². The number of amides is 1. The molecule has 0 saturated carbocycles. The monoisotopic (exact) mass is 141 g/mol. The van der Waals surface area contributed by atoms with Crippen molar-refractivity contribution in [2.24, 2.45) is 5.92 Å². The summed E-state index contributed by atoms with van der Waals surface area (Å²) in [5, 5.41) is 17.2. The van der Waals surface area contributed by atoms with Gasteiger partial charge in [0.15, 0.2) is 0 Å². The number of hydrogen-bond donors (Lipinski definition) is 3. The lowest BCUT2D eigenvalue weighted by molar-refractivity contribution is -0.129. The smallest absolute Gasteiger partial charge is 0.251 e. The van der Waals surface area contributed by atoms with Gasteiger partial charge in [0.25, 0.3) is 5.91 Å². The van der Waals surface area contributed by atoms with E-state index in [0.29, 0.717) is 0 Å². The summed E-state index contributed by atoms with van der Waals surface area (Å²) in [6.45, 7) is 0. The number of carbonyl (C=O) groups excluding carboxylic acids is 1. The number of nitriles is 1. The maximum absolute atomic E-state index is 10.7. The number of rotatable bonds is 0. The van der Waals surface area contributed by atoms with Crippen molar-refractivity contribution >= 4 is 5.91 Å². The molecular weight excluding hydrogens is 134 g/mol. The molecule has 1 aliphatic rings. The van der Waals surface area contributed by atoms with Gasteiger partial charge in [-0.1, -0.05) is 0 Å². The summed E-state index contributed by atoms with van der Waals surface area (Å²) < 4.78 is 0. The van der Waals surface area contributed by atoms with Gasteiger partial charge in [0.1, 0.15) is 12.1 Å². The van der Waals surface area contributed by atoms with Crippen LogP contribution in [-0.4, -0.2) is 17.2 Å². The molecule has 1 rings (SSSR count). The second-order valence-corrected chi connectivity index (χ2v) is 2.07. The van der Waals surface area contributed by atoms with Gasteiger partial charge in [0, 0.05) is 6.42 Å². The lowest BCUT2D eigenvalue weighted by Crippen LogP contribution is -2.53. The molecule has 0 radical (unpaired) electrons. The Hall–Kier alpha value is -1.12. The van der Waals surface area contributed by atoms with E-state index >= 15 is 0 Å². The number of nitrogens with one attached hydrogen (secondary N) is 2. The normalized spacial score (nSPS) is 32.6. The van der Waals surface area contributed by atoms with Gasteiger partial charge in [-0.3, -0.25) is 10.2 Å². The third-order valence-corrected chi connectivity index (χ3v) is 1.29. The van der Waals surface area contributed by atoms with Gasteiger partial charge in [-0.15, -0.1) is 0 Å². The molecule has 0 spiro atoms. The molecule has 1 saturated heterocycles. The fourth-order valence-electron chi connectivity index (χ4n) is 0.742. The van der Waals surface area contributed by atoms with Crippen LogP contribution in [0.25, 0.3) is 0 Å². The number of nitrogens with zero attached hydrogens (tertiary/aromatic N) is 1. The van der Waals surface area contributed by atoms with Crippen molar-refractivity contribution in [3.8, 4) is 6.07 Å². The highest BCUT2D eigenvalue weighted by atomic mass is 16.3. The molecule has 2 atom stereocenters. The van der Waals surface area contributed by atoms with Crippen LogP contribution in [0.5, 0.6) is 0 Å². The molecule has 1 fully saturated rings. The van der Waals surface area contributed by atoms with E-state index in [4.69, 9.17) is 10.4 Å². The van der Waals surface area contributed by atoms with Gasteiger partial charge in [-0.25, -0.2) is 5.43 Å². The molecule has 54 valence electrons. The highest BCUT2D eigenvalue weighted by Gasteiger charge is 2.26. The minimum absolute atomic E-state index is 0.155. The van der Waals surface area contributed by atoms with Crippen LogP contribution in [0.1, 0.15) is 6.42 Å². The van der Waals surface area contributed by atoms with Crippen molar-refractivity contribution in [2.45, 2.75) is 12.6 Å². The van der Waals surface area contributed by atoms with Crippen molar-refractivity contribution < 1.29 is 9.90 Å². The highest BCUT2D eigenvalue weighted by Crippen LogP contribution is 2.06. The highest BCUT2D eigenvalue weighted by molar-refractivity contribution is 5.81. The van der Waals surface area contributed by atoms with E-state index in [1.165, 1.54) is 0 Å². The summed E-state index contributed by atoms with van der Waals surface area (Å²) in [5.74, 6) is -1.11. The zero-order chi connectivity index (χ0) is 7.56. The Kier molecular flexibility index (Phi) is 1.85. The molecule has 2 unspecified atom stereocenters. The third kappa shape index (κ3) is 1.23. The second kappa shape index (κ2) is 2.64. The molecule has 5 nitrogen and oxygen atoms in total.